The molecule has 1 fully saturated rings. The minimum Gasteiger partial charge on any atom is -0.462 e. The molecule has 0 atom stereocenters. The zero-order chi connectivity index (χ0) is 17.1. The SMILES string of the molecule is CN1CCN(CCOc2n[c]c(-c3nc4ccccc4s3)cn2)CC1. The summed E-state index contributed by atoms with van der Waals surface area (Å²) in [5.41, 5.74) is 1.79. The van der Waals surface area contributed by atoms with Crippen LogP contribution >= 0.6 is 11.3 Å². The van der Waals surface area contributed by atoms with E-state index in [-0.39, 0.29) is 0 Å². The Morgan fingerprint density at radius 1 is 1.20 bits per heavy atom. The summed E-state index contributed by atoms with van der Waals surface area (Å²) in [6.07, 6.45) is 4.73. The van der Waals surface area contributed by atoms with Gasteiger partial charge in [-0.25, -0.2) is 9.97 Å². The topological polar surface area (TPSA) is 54.4 Å². The highest BCUT2D eigenvalue weighted by Crippen LogP contribution is 2.29. The minimum absolute atomic E-state index is 0.374. The number of benzene rings is 1. The number of likely N-dealkylation sites (N-methyl/N-ethyl adjacent to an activating group) is 1. The maximum atomic E-state index is 5.66. The van der Waals surface area contributed by atoms with E-state index in [2.05, 4.69) is 44.1 Å². The monoisotopic (exact) mass is 354 g/mol. The number of fused-ring (bicyclic) bond motifs is 1. The van der Waals surface area contributed by atoms with Crippen LogP contribution in [0.1, 0.15) is 0 Å². The number of nitrogens with zero attached hydrogens (tertiary/aromatic N) is 5. The molecule has 0 spiro atoms. The van der Waals surface area contributed by atoms with Gasteiger partial charge in [-0.2, -0.15) is 4.98 Å². The molecule has 1 saturated heterocycles. The third-order valence-corrected chi connectivity index (χ3v) is 5.40. The molecule has 3 heterocycles. The number of hydrogen-bond donors (Lipinski definition) is 0. The lowest BCUT2D eigenvalue weighted by atomic mass is 10.3. The third kappa shape index (κ3) is 3.95. The fourth-order valence-electron chi connectivity index (χ4n) is 2.78. The Morgan fingerprint density at radius 2 is 2.04 bits per heavy atom. The molecule has 1 radical (unpaired) electrons. The first kappa shape index (κ1) is 16.4. The Balaban J connectivity index is 1.34. The van der Waals surface area contributed by atoms with Gasteiger partial charge in [-0.3, -0.25) is 4.90 Å². The van der Waals surface area contributed by atoms with Gasteiger partial charge in [-0.05, 0) is 19.2 Å². The van der Waals surface area contributed by atoms with Gasteiger partial charge >= 0.3 is 6.01 Å². The van der Waals surface area contributed by atoms with E-state index in [1.807, 2.05) is 18.2 Å². The van der Waals surface area contributed by atoms with E-state index >= 15 is 0 Å². The van der Waals surface area contributed by atoms with Crippen molar-refractivity contribution in [1.82, 2.24) is 24.8 Å². The predicted molar refractivity (Wildman–Crippen MR) is 98.9 cm³/mol. The molecule has 1 aliphatic rings. The van der Waals surface area contributed by atoms with Crippen LogP contribution in [-0.4, -0.2) is 71.1 Å². The molecule has 7 heteroatoms. The van der Waals surface area contributed by atoms with Crippen molar-refractivity contribution < 1.29 is 4.74 Å². The second-order valence-corrected chi connectivity index (χ2v) is 7.19. The summed E-state index contributed by atoms with van der Waals surface area (Å²) in [5.74, 6) is 0. The number of para-hydroxylation sites is 1. The third-order valence-electron chi connectivity index (χ3n) is 4.33. The standard InChI is InChI=1S/C18H20N5OS/c1-22-6-8-23(9-7-22)10-11-24-18-19-12-14(13-20-18)17-21-15-4-2-3-5-16(15)25-17/h2-5,12H,6-11H2,1H3. The highest BCUT2D eigenvalue weighted by atomic mass is 32.1. The number of thiazole rings is 1. The first-order valence-corrected chi connectivity index (χ1v) is 9.24. The number of rotatable bonds is 5. The highest BCUT2D eigenvalue weighted by Gasteiger charge is 2.13. The molecule has 0 aliphatic carbocycles. The van der Waals surface area contributed by atoms with Gasteiger partial charge in [-0.1, -0.05) is 12.1 Å². The van der Waals surface area contributed by atoms with E-state index in [1.165, 1.54) is 0 Å². The zero-order valence-electron chi connectivity index (χ0n) is 14.2. The lowest BCUT2D eigenvalue weighted by Crippen LogP contribution is -2.45. The molecule has 1 aromatic carbocycles. The van der Waals surface area contributed by atoms with E-state index in [4.69, 9.17) is 4.74 Å². The van der Waals surface area contributed by atoms with Crippen LogP contribution in [0.25, 0.3) is 20.8 Å². The number of hydrogen-bond acceptors (Lipinski definition) is 7. The molecule has 0 N–H and O–H groups in total. The Morgan fingerprint density at radius 3 is 2.80 bits per heavy atom. The van der Waals surface area contributed by atoms with E-state index in [1.54, 1.807) is 17.5 Å². The van der Waals surface area contributed by atoms with Gasteiger partial charge in [0.15, 0.2) is 0 Å². The van der Waals surface area contributed by atoms with E-state index in [0.29, 0.717) is 12.6 Å². The molecule has 0 saturated carbocycles. The van der Waals surface area contributed by atoms with Gasteiger partial charge in [0, 0.05) is 38.9 Å². The van der Waals surface area contributed by atoms with Crippen LogP contribution in [0.3, 0.4) is 0 Å². The van der Waals surface area contributed by atoms with Crippen molar-refractivity contribution in [3.8, 4) is 16.6 Å². The predicted octanol–water partition coefficient (Wildman–Crippen LogP) is 2.18. The van der Waals surface area contributed by atoms with Crippen LogP contribution in [-0.2, 0) is 0 Å². The fourth-order valence-corrected chi connectivity index (χ4v) is 3.71. The summed E-state index contributed by atoms with van der Waals surface area (Å²) in [5, 5.41) is 0.880. The van der Waals surface area contributed by atoms with Gasteiger partial charge < -0.3 is 9.64 Å². The molecule has 6 nitrogen and oxygen atoms in total. The van der Waals surface area contributed by atoms with Gasteiger partial charge in [0.25, 0.3) is 0 Å². The summed E-state index contributed by atoms with van der Waals surface area (Å²) in [6, 6.07) is 8.45. The van der Waals surface area contributed by atoms with Crippen molar-refractivity contribution in [1.29, 1.82) is 0 Å². The van der Waals surface area contributed by atoms with Crippen molar-refractivity contribution in [3.05, 3.63) is 36.7 Å². The summed E-state index contributed by atoms with van der Waals surface area (Å²) < 4.78 is 6.81. The zero-order valence-corrected chi connectivity index (χ0v) is 15.0. The van der Waals surface area contributed by atoms with E-state index in [9.17, 15) is 0 Å². The molecule has 0 unspecified atom stereocenters. The Labute approximate surface area is 151 Å². The largest absolute Gasteiger partial charge is 0.462 e. The van der Waals surface area contributed by atoms with E-state index < -0.39 is 0 Å². The summed E-state index contributed by atoms with van der Waals surface area (Å²) in [4.78, 5) is 17.8. The van der Waals surface area contributed by atoms with Crippen molar-refractivity contribution >= 4 is 21.6 Å². The molecule has 3 aromatic rings. The Bertz CT molecular complexity index is 794. The normalized spacial score (nSPS) is 16.4. The maximum absolute atomic E-state index is 5.66. The van der Waals surface area contributed by atoms with Gasteiger partial charge in [-0.15, -0.1) is 11.3 Å². The van der Waals surface area contributed by atoms with Crippen molar-refractivity contribution in [2.75, 3.05) is 46.4 Å². The Kier molecular flexibility index (Phi) is 4.87. The average molecular weight is 354 g/mol. The van der Waals surface area contributed by atoms with Crippen LogP contribution < -0.4 is 4.74 Å². The van der Waals surface area contributed by atoms with Crippen LogP contribution in [0.4, 0.5) is 0 Å². The molecule has 2 aromatic heterocycles. The molecule has 25 heavy (non-hydrogen) atoms. The van der Waals surface area contributed by atoms with Gasteiger partial charge in [0.2, 0.25) is 0 Å². The quantitative estimate of drug-likeness (QED) is 0.700. The first-order valence-electron chi connectivity index (χ1n) is 8.42. The molecular formula is C18H20N5OS. The maximum Gasteiger partial charge on any atom is 0.317 e. The van der Waals surface area contributed by atoms with Crippen molar-refractivity contribution in [2.45, 2.75) is 0 Å². The highest BCUT2D eigenvalue weighted by molar-refractivity contribution is 7.21. The average Bonchev–Trinajstić information content (AvgIpc) is 3.08. The summed E-state index contributed by atoms with van der Waals surface area (Å²) in [6.45, 7) is 5.89. The number of ether oxygens (including phenoxy) is 1. The van der Waals surface area contributed by atoms with Crippen molar-refractivity contribution in [3.63, 3.8) is 0 Å². The fraction of sp³-hybridized carbons (Fsp3) is 0.389. The molecule has 0 amide bonds. The van der Waals surface area contributed by atoms with Gasteiger partial charge in [0.1, 0.15) is 17.8 Å². The second kappa shape index (κ2) is 7.43. The van der Waals surface area contributed by atoms with Crippen LogP contribution in [0.5, 0.6) is 6.01 Å². The van der Waals surface area contributed by atoms with Crippen LogP contribution in [0.2, 0.25) is 0 Å². The van der Waals surface area contributed by atoms with Gasteiger partial charge in [0.05, 0.1) is 15.8 Å². The molecule has 4 rings (SSSR count). The molecular weight excluding hydrogens is 334 g/mol. The van der Waals surface area contributed by atoms with Crippen LogP contribution in [0, 0.1) is 6.20 Å². The molecule has 0 bridgehead atoms. The second-order valence-electron chi connectivity index (χ2n) is 6.16. The lowest BCUT2D eigenvalue weighted by molar-refractivity contribution is 0.131. The Hall–Kier alpha value is -2.09. The van der Waals surface area contributed by atoms with E-state index in [0.717, 1.165) is 53.5 Å². The molecule has 1 aliphatic heterocycles. The number of aromatic nitrogens is 3. The summed E-state index contributed by atoms with van der Waals surface area (Å²) in [7, 11) is 2.16. The lowest BCUT2D eigenvalue weighted by Gasteiger charge is -2.31. The smallest absolute Gasteiger partial charge is 0.317 e. The first-order chi connectivity index (χ1) is 12.3. The minimum atomic E-state index is 0.374. The summed E-state index contributed by atoms with van der Waals surface area (Å²) >= 11 is 1.62. The van der Waals surface area contributed by atoms with Crippen LogP contribution in [0.15, 0.2) is 30.5 Å². The van der Waals surface area contributed by atoms with Crippen molar-refractivity contribution in [2.24, 2.45) is 0 Å². The number of piperazine rings is 1. The molecule has 129 valence electrons.